The Morgan fingerprint density at radius 1 is 0.537 bits per heavy atom. The third kappa shape index (κ3) is 9.54. The monoisotopic (exact) mass is 1230 g/mol. The van der Waals surface area contributed by atoms with E-state index < -0.39 is 18.1 Å². The molecule has 0 fully saturated rings. The van der Waals surface area contributed by atoms with Gasteiger partial charge in [0.1, 0.15) is 5.82 Å². The van der Waals surface area contributed by atoms with Crippen molar-refractivity contribution in [3.8, 4) is 56.6 Å². The van der Waals surface area contributed by atoms with Crippen LogP contribution in [0.2, 0.25) is 0 Å². The molecule has 0 aliphatic carbocycles. The molecule has 13 aromatic rings. The van der Waals surface area contributed by atoms with Gasteiger partial charge in [0.2, 0.25) is 0 Å². The minimum absolute atomic E-state index is 0. The fourth-order valence-corrected chi connectivity index (χ4v) is 11.3. The van der Waals surface area contributed by atoms with Crippen LogP contribution in [0.3, 0.4) is 0 Å². The maximum Gasteiger partial charge on any atom is 0.268 e. The minimum atomic E-state index is -0.448. The fraction of sp³-hybridized carbons (Fsp3) is 0.178. The van der Waals surface area contributed by atoms with E-state index in [-0.39, 0.29) is 55.0 Å². The first-order valence-electron chi connectivity index (χ1n) is 29.6. The van der Waals surface area contributed by atoms with Crippen LogP contribution in [0.15, 0.2) is 206 Å². The third-order valence-corrected chi connectivity index (χ3v) is 15.0. The fourth-order valence-electron chi connectivity index (χ4n) is 11.3. The Balaban J connectivity index is 0.00000709. The normalized spacial score (nSPS) is 13.1. The summed E-state index contributed by atoms with van der Waals surface area (Å²) in [5.74, 6) is 1.74. The van der Waals surface area contributed by atoms with Gasteiger partial charge in [-0.15, -0.1) is 29.7 Å². The van der Waals surface area contributed by atoms with E-state index in [1.165, 1.54) is 16.3 Å². The summed E-state index contributed by atoms with van der Waals surface area (Å²) in [6, 6.07) is 63.9. The number of fused-ring (bicyclic) bond motifs is 7. The summed E-state index contributed by atoms with van der Waals surface area (Å²) in [5, 5.41) is 4.46. The van der Waals surface area contributed by atoms with Crippen LogP contribution in [0.5, 0.6) is 11.5 Å². The Bertz CT molecular complexity index is 4710. The quantitative estimate of drug-likeness (QED) is 0.107. The number of ether oxygens (including phenoxy) is 1. The summed E-state index contributed by atoms with van der Waals surface area (Å²) in [5.41, 5.74) is 13.4. The summed E-state index contributed by atoms with van der Waals surface area (Å²) < 4.78 is 59.9. The van der Waals surface area contributed by atoms with E-state index in [1.54, 1.807) is 0 Å². The minimum Gasteiger partial charge on any atom is -0.510 e. The van der Waals surface area contributed by atoms with Crippen LogP contribution >= 0.6 is 0 Å². The standard InChI is InChI=1S/C73H63N5O.Pt/c1-71(2,3)46-48-37-38-74-69(39-48)78-65-36-33-54(77-63-29-15-13-25-59(63)60-26-14-16-30-64(60)77)44-62(65)61-35-34-56(45-68(61)78)79-55-24-19-23-53(43-55)75-47-76(67-32-18-17-31-66(67)75)70-57(49-21-11-10-12-22-49)27-20-28-58(70)50-40-51(72(4,5)6)42-52(41-50)73(7,8)9;/h10-42,44H,46H2,1-9H3;/q-2;/i10D,11D,12D,21D,22D;. The number of benzene rings is 9. The molecule has 0 aliphatic heterocycles. The van der Waals surface area contributed by atoms with Gasteiger partial charge in [0.05, 0.1) is 34.6 Å². The molecular formula is C73H63N5OPt-2. The average Bonchev–Trinajstić information content (AvgIpc) is 1.92. The maximum atomic E-state index is 9.28. The number of para-hydroxylation sites is 5. The van der Waals surface area contributed by atoms with Crippen molar-refractivity contribution in [1.29, 1.82) is 0 Å². The molecule has 0 radical (unpaired) electrons. The Labute approximate surface area is 490 Å². The van der Waals surface area contributed by atoms with E-state index in [4.69, 9.17) is 13.8 Å². The summed E-state index contributed by atoms with van der Waals surface area (Å²) >= 11 is 0. The molecule has 0 spiro atoms. The van der Waals surface area contributed by atoms with Gasteiger partial charge in [-0.25, -0.2) is 4.98 Å². The molecule has 0 unspecified atom stereocenters. The zero-order valence-corrected chi connectivity index (χ0v) is 48.7. The van der Waals surface area contributed by atoms with Crippen molar-refractivity contribution in [2.45, 2.75) is 79.6 Å². The number of nitrogens with zero attached hydrogens (tertiary/aromatic N) is 5. The van der Waals surface area contributed by atoms with Crippen molar-refractivity contribution in [3.05, 3.63) is 241 Å². The van der Waals surface area contributed by atoms with E-state index in [0.717, 1.165) is 84.1 Å². The molecule has 0 atom stereocenters. The van der Waals surface area contributed by atoms with Crippen molar-refractivity contribution in [2.75, 3.05) is 0 Å². The van der Waals surface area contributed by atoms with Gasteiger partial charge in [-0.1, -0.05) is 195 Å². The van der Waals surface area contributed by atoms with Crippen molar-refractivity contribution in [2.24, 2.45) is 5.41 Å². The molecule has 9 aromatic carbocycles. The summed E-state index contributed by atoms with van der Waals surface area (Å²) in [6.45, 7) is 20.0. The molecule has 0 saturated carbocycles. The molecule has 13 rings (SSSR count). The van der Waals surface area contributed by atoms with Crippen LogP contribution in [0, 0.1) is 23.9 Å². The summed E-state index contributed by atoms with van der Waals surface area (Å²) in [7, 11) is 0. The molecule has 7 heteroatoms. The van der Waals surface area contributed by atoms with E-state index >= 15 is 0 Å². The van der Waals surface area contributed by atoms with Crippen molar-refractivity contribution < 1.29 is 37.2 Å². The Kier molecular flexibility index (Phi) is 11.7. The summed E-state index contributed by atoms with van der Waals surface area (Å²) in [6.07, 6.45) is 6.47. The van der Waals surface area contributed by atoms with E-state index in [9.17, 15) is 2.74 Å². The number of imidazole rings is 1. The molecule has 6 nitrogen and oxygen atoms in total. The van der Waals surface area contributed by atoms with Crippen LogP contribution in [-0.4, -0.2) is 18.7 Å². The van der Waals surface area contributed by atoms with Crippen molar-refractivity contribution >= 4 is 54.6 Å². The predicted molar refractivity (Wildman–Crippen MR) is 326 cm³/mol. The Morgan fingerprint density at radius 2 is 1.16 bits per heavy atom. The molecule has 80 heavy (non-hydrogen) atoms. The topological polar surface area (TPSA) is 40.8 Å². The molecule has 4 aromatic heterocycles. The molecule has 0 amide bonds. The largest absolute Gasteiger partial charge is 0.510 e. The predicted octanol–water partition coefficient (Wildman–Crippen LogP) is 18.2. The van der Waals surface area contributed by atoms with Gasteiger partial charge in [0, 0.05) is 60.7 Å². The van der Waals surface area contributed by atoms with Crippen LogP contribution in [0.1, 0.15) is 85.9 Å². The van der Waals surface area contributed by atoms with Crippen LogP contribution in [0.4, 0.5) is 0 Å². The summed E-state index contributed by atoms with van der Waals surface area (Å²) in [4.78, 5) is 5.01. The van der Waals surface area contributed by atoms with Gasteiger partial charge >= 0.3 is 0 Å². The molecule has 0 saturated heterocycles. The molecule has 398 valence electrons. The molecular weight excluding hydrogens is 1160 g/mol. The number of hydrogen-bond acceptors (Lipinski definition) is 2. The molecule has 0 bridgehead atoms. The van der Waals surface area contributed by atoms with Gasteiger partial charge in [0.15, 0.2) is 0 Å². The number of hydrogen-bond donors (Lipinski definition) is 0. The SMILES string of the molecule is [2H]c1c([2H])c([2H])c(-c2cccc(-c3cc(C(C)(C)C)cc(C(C)(C)C)c3)c2-[n+]2[c-]n(-c3[c-]c(Oc4[c-]c5c(cc4)c4cc(-n6c7ccccc7c7ccccc76)ccc4n5-c4cc(CC(C)(C)C)ccn4)ccc3)c3ccccc32)c([2H])c1[2H].[Pt]. The number of pyridine rings is 1. The van der Waals surface area contributed by atoms with Gasteiger partial charge in [-0.3, -0.25) is 4.57 Å². The van der Waals surface area contributed by atoms with Crippen LogP contribution in [0.25, 0.3) is 99.8 Å². The first-order valence-corrected chi connectivity index (χ1v) is 27.1. The first-order chi connectivity index (χ1) is 40.1. The van der Waals surface area contributed by atoms with Crippen LogP contribution < -0.4 is 9.30 Å². The van der Waals surface area contributed by atoms with Gasteiger partial charge in [-0.05, 0) is 115 Å². The maximum absolute atomic E-state index is 9.28. The van der Waals surface area contributed by atoms with Crippen molar-refractivity contribution in [3.63, 3.8) is 0 Å². The van der Waals surface area contributed by atoms with Crippen LogP contribution in [-0.2, 0) is 38.3 Å². The first kappa shape index (κ1) is 46.6. The second-order valence-electron chi connectivity index (χ2n) is 24.0. The zero-order chi connectivity index (χ0) is 58.7. The number of aromatic nitrogens is 5. The van der Waals surface area contributed by atoms with Gasteiger partial charge in [0.25, 0.3) is 6.33 Å². The Hall–Kier alpha value is -8.31. The average molecular weight is 1230 g/mol. The molecule has 0 N–H and O–H groups in total. The number of rotatable bonds is 9. The van der Waals surface area contributed by atoms with E-state index in [0.29, 0.717) is 28.4 Å². The smallest absolute Gasteiger partial charge is 0.268 e. The van der Waals surface area contributed by atoms with Gasteiger partial charge < -0.3 is 18.4 Å². The molecule has 0 aliphatic rings. The van der Waals surface area contributed by atoms with E-state index in [2.05, 4.69) is 193 Å². The third-order valence-electron chi connectivity index (χ3n) is 15.0. The molecule has 4 heterocycles. The second-order valence-corrected chi connectivity index (χ2v) is 24.0. The second kappa shape index (κ2) is 20.1. The van der Waals surface area contributed by atoms with E-state index in [1.807, 2.05) is 82.1 Å². The zero-order valence-electron chi connectivity index (χ0n) is 51.4. The Morgan fingerprint density at radius 3 is 1.85 bits per heavy atom. The van der Waals surface area contributed by atoms with Gasteiger partial charge in [-0.2, -0.15) is 18.2 Å². The van der Waals surface area contributed by atoms with Crippen molar-refractivity contribution in [1.82, 2.24) is 18.7 Å².